The van der Waals surface area contributed by atoms with E-state index in [9.17, 15) is 22.4 Å². The largest absolute Gasteiger partial charge is 0.478 e. The molecule has 1 aromatic rings. The third kappa shape index (κ3) is 3.08. The lowest BCUT2D eigenvalue weighted by atomic mass is 10.1. The van der Waals surface area contributed by atoms with Crippen LogP contribution in [0.5, 0.6) is 0 Å². The van der Waals surface area contributed by atoms with Crippen molar-refractivity contribution in [1.29, 1.82) is 0 Å². The molecule has 0 aromatic heterocycles. The molecule has 0 saturated heterocycles. The molecule has 0 radical (unpaired) electrons. The van der Waals surface area contributed by atoms with Crippen molar-refractivity contribution in [3.63, 3.8) is 0 Å². The highest BCUT2D eigenvalue weighted by Gasteiger charge is 2.30. The van der Waals surface area contributed by atoms with Gasteiger partial charge in [-0.05, 0) is 24.3 Å². The monoisotopic (exact) mass is 234 g/mol. The Bertz CT molecular complexity index is 435. The van der Waals surface area contributed by atoms with Crippen LogP contribution in [-0.2, 0) is 11.0 Å². The van der Waals surface area contributed by atoms with Crippen LogP contribution in [0, 0.1) is 5.82 Å². The molecule has 0 amide bonds. The van der Waals surface area contributed by atoms with Crippen molar-refractivity contribution in [2.24, 2.45) is 0 Å². The molecule has 0 bridgehead atoms. The zero-order valence-electron chi connectivity index (χ0n) is 7.75. The average Bonchev–Trinajstić information content (AvgIpc) is 2.14. The lowest BCUT2D eigenvalue weighted by molar-refractivity contribution is -0.137. The van der Waals surface area contributed by atoms with Gasteiger partial charge < -0.3 is 5.11 Å². The van der Waals surface area contributed by atoms with Crippen molar-refractivity contribution in [3.8, 4) is 0 Å². The fraction of sp³-hybridized carbons (Fsp3) is 0.100. The highest BCUT2D eigenvalue weighted by molar-refractivity contribution is 5.85. The van der Waals surface area contributed by atoms with Gasteiger partial charge in [-0.3, -0.25) is 0 Å². The smallest absolute Gasteiger partial charge is 0.416 e. The van der Waals surface area contributed by atoms with Crippen LogP contribution in [0.2, 0.25) is 0 Å². The molecule has 0 unspecified atom stereocenters. The maximum absolute atomic E-state index is 13.0. The summed E-state index contributed by atoms with van der Waals surface area (Å²) in [4.78, 5) is 10.1. The Morgan fingerprint density at radius 1 is 1.31 bits per heavy atom. The van der Waals surface area contributed by atoms with Gasteiger partial charge in [0.05, 0.1) is 5.56 Å². The van der Waals surface area contributed by atoms with Crippen molar-refractivity contribution in [2.45, 2.75) is 6.18 Å². The Morgan fingerprint density at radius 2 is 1.94 bits per heavy atom. The Hall–Kier alpha value is -1.85. The van der Waals surface area contributed by atoms with Crippen LogP contribution < -0.4 is 0 Å². The van der Waals surface area contributed by atoms with Crippen molar-refractivity contribution < 1.29 is 27.5 Å². The van der Waals surface area contributed by atoms with Crippen LogP contribution in [0.1, 0.15) is 11.1 Å². The second kappa shape index (κ2) is 4.34. The number of carboxylic acid groups (broad SMARTS) is 1. The van der Waals surface area contributed by atoms with Crippen molar-refractivity contribution in [1.82, 2.24) is 0 Å². The molecular formula is C10H6F4O2. The van der Waals surface area contributed by atoms with Gasteiger partial charge in [-0.25, -0.2) is 9.18 Å². The summed E-state index contributed by atoms with van der Waals surface area (Å²) < 4.78 is 49.7. The normalized spacial score (nSPS) is 12.0. The predicted molar refractivity (Wildman–Crippen MR) is 48.1 cm³/mol. The minimum absolute atomic E-state index is 0.419. The van der Waals surface area contributed by atoms with Gasteiger partial charge in [-0.2, -0.15) is 13.2 Å². The zero-order valence-corrected chi connectivity index (χ0v) is 7.75. The number of benzene rings is 1. The number of carbonyl (C=O) groups is 1. The Labute approximate surface area is 87.8 Å². The van der Waals surface area contributed by atoms with E-state index in [1.54, 1.807) is 0 Å². The molecule has 0 heterocycles. The molecule has 16 heavy (non-hydrogen) atoms. The van der Waals surface area contributed by atoms with Gasteiger partial charge in [0, 0.05) is 11.6 Å². The van der Waals surface area contributed by atoms with E-state index in [2.05, 4.69) is 0 Å². The summed E-state index contributed by atoms with van der Waals surface area (Å²) in [6.45, 7) is 0. The fourth-order valence-electron chi connectivity index (χ4n) is 1.01. The number of rotatable bonds is 2. The average molecular weight is 234 g/mol. The lowest BCUT2D eigenvalue weighted by Crippen LogP contribution is -2.05. The van der Waals surface area contributed by atoms with E-state index in [1.807, 2.05) is 0 Å². The molecule has 2 nitrogen and oxygen atoms in total. The Kier molecular flexibility index (Phi) is 3.31. The molecule has 0 saturated carbocycles. The van der Waals surface area contributed by atoms with E-state index < -0.39 is 29.1 Å². The summed E-state index contributed by atoms with van der Waals surface area (Å²) in [5.74, 6) is -2.28. The van der Waals surface area contributed by atoms with Crippen molar-refractivity contribution in [2.75, 3.05) is 0 Å². The van der Waals surface area contributed by atoms with Crippen LogP contribution in [0.25, 0.3) is 6.08 Å². The SMILES string of the molecule is O=C(O)C=Cc1cc(C(F)(F)F)ccc1F. The summed E-state index contributed by atoms with van der Waals surface area (Å²) in [6.07, 6.45) is -3.25. The van der Waals surface area contributed by atoms with Gasteiger partial charge in [0.25, 0.3) is 0 Å². The third-order valence-corrected chi connectivity index (χ3v) is 1.73. The van der Waals surface area contributed by atoms with Crippen LogP contribution in [0.15, 0.2) is 24.3 Å². The molecule has 0 aliphatic heterocycles. The summed E-state index contributed by atoms with van der Waals surface area (Å²) in [6, 6.07) is 1.78. The van der Waals surface area contributed by atoms with Crippen molar-refractivity contribution >= 4 is 12.0 Å². The minimum atomic E-state index is -4.58. The molecule has 0 aliphatic rings. The van der Waals surface area contributed by atoms with Crippen LogP contribution in [-0.4, -0.2) is 11.1 Å². The number of aliphatic carboxylic acids is 1. The summed E-state index contributed by atoms with van der Waals surface area (Å²) >= 11 is 0. The first-order chi connectivity index (χ1) is 7.30. The molecule has 0 aliphatic carbocycles. The summed E-state index contributed by atoms with van der Waals surface area (Å²) in [7, 11) is 0. The van der Waals surface area contributed by atoms with E-state index in [0.29, 0.717) is 24.3 Å². The minimum Gasteiger partial charge on any atom is -0.478 e. The standard InChI is InChI=1S/C10H6F4O2/c11-8-3-2-7(10(12,13)14)5-6(8)1-4-9(15)16/h1-5H,(H,15,16). The summed E-state index contributed by atoms with van der Waals surface area (Å²) in [5, 5.41) is 8.26. The number of carboxylic acids is 1. The van der Waals surface area contributed by atoms with Crippen LogP contribution >= 0.6 is 0 Å². The maximum atomic E-state index is 13.0. The molecule has 0 spiro atoms. The first-order valence-corrected chi connectivity index (χ1v) is 4.08. The number of hydrogen-bond acceptors (Lipinski definition) is 1. The molecule has 1 N–H and O–H groups in total. The molecule has 86 valence electrons. The Morgan fingerprint density at radius 3 is 2.44 bits per heavy atom. The first kappa shape index (κ1) is 12.2. The predicted octanol–water partition coefficient (Wildman–Crippen LogP) is 2.94. The van der Waals surface area contributed by atoms with E-state index in [1.165, 1.54) is 0 Å². The van der Waals surface area contributed by atoms with E-state index >= 15 is 0 Å². The third-order valence-electron chi connectivity index (χ3n) is 1.73. The van der Waals surface area contributed by atoms with Gasteiger partial charge in [0.1, 0.15) is 5.82 Å². The maximum Gasteiger partial charge on any atom is 0.416 e. The second-order valence-corrected chi connectivity index (χ2v) is 2.91. The second-order valence-electron chi connectivity index (χ2n) is 2.91. The Balaban J connectivity index is 3.14. The molecular weight excluding hydrogens is 228 g/mol. The van der Waals surface area contributed by atoms with Gasteiger partial charge in [0.2, 0.25) is 0 Å². The van der Waals surface area contributed by atoms with Crippen LogP contribution in [0.3, 0.4) is 0 Å². The highest BCUT2D eigenvalue weighted by atomic mass is 19.4. The summed E-state index contributed by atoms with van der Waals surface area (Å²) in [5.41, 5.74) is -1.45. The van der Waals surface area contributed by atoms with Crippen LogP contribution in [0.4, 0.5) is 17.6 Å². The highest BCUT2D eigenvalue weighted by Crippen LogP contribution is 2.30. The topological polar surface area (TPSA) is 37.3 Å². The van der Waals surface area contributed by atoms with E-state index in [4.69, 9.17) is 5.11 Å². The number of halogens is 4. The van der Waals surface area contributed by atoms with Gasteiger partial charge in [-0.15, -0.1) is 0 Å². The molecule has 6 heteroatoms. The molecule has 1 rings (SSSR count). The van der Waals surface area contributed by atoms with Crippen molar-refractivity contribution in [3.05, 3.63) is 41.2 Å². The molecule has 1 aromatic carbocycles. The first-order valence-electron chi connectivity index (χ1n) is 4.08. The quantitative estimate of drug-likeness (QED) is 0.631. The number of hydrogen-bond donors (Lipinski definition) is 1. The van der Waals surface area contributed by atoms with Gasteiger partial charge >= 0.3 is 12.1 Å². The van der Waals surface area contributed by atoms with Gasteiger partial charge in [-0.1, -0.05) is 0 Å². The molecule has 0 fully saturated rings. The fourth-order valence-corrected chi connectivity index (χ4v) is 1.01. The van der Waals surface area contributed by atoms with E-state index in [-0.39, 0.29) is 0 Å². The molecule has 0 atom stereocenters. The van der Waals surface area contributed by atoms with Gasteiger partial charge in [0.15, 0.2) is 0 Å². The number of alkyl halides is 3. The lowest BCUT2D eigenvalue weighted by Gasteiger charge is -2.07. The van der Waals surface area contributed by atoms with E-state index in [0.717, 1.165) is 6.08 Å². The zero-order chi connectivity index (χ0) is 12.3.